The fraction of sp³-hybridized carbons (Fsp3) is 0.714. The third kappa shape index (κ3) is 5.03. The SMILES string of the molecule is CCCNCc1cc(S(=O)(=O)N(C)C(C)CCC)c(Br)s1. The Hall–Kier alpha value is 0.0500. The second kappa shape index (κ2) is 8.62. The van der Waals surface area contributed by atoms with E-state index in [1.54, 1.807) is 13.1 Å². The number of nitrogens with zero attached hydrogens (tertiary/aromatic N) is 1. The third-order valence-corrected chi connectivity index (χ3v) is 7.64. The molecule has 0 saturated heterocycles. The minimum Gasteiger partial charge on any atom is -0.312 e. The Morgan fingerprint density at radius 1 is 1.38 bits per heavy atom. The average Bonchev–Trinajstić information content (AvgIpc) is 2.80. The molecule has 0 aromatic carbocycles. The van der Waals surface area contributed by atoms with Crippen molar-refractivity contribution in [3.8, 4) is 0 Å². The van der Waals surface area contributed by atoms with Gasteiger partial charge in [-0.25, -0.2) is 8.42 Å². The van der Waals surface area contributed by atoms with Crippen LogP contribution in [0.15, 0.2) is 14.7 Å². The van der Waals surface area contributed by atoms with Gasteiger partial charge in [0.2, 0.25) is 10.0 Å². The highest BCUT2D eigenvalue weighted by molar-refractivity contribution is 9.11. The van der Waals surface area contributed by atoms with Crippen LogP contribution in [-0.2, 0) is 16.6 Å². The Morgan fingerprint density at radius 2 is 2.05 bits per heavy atom. The molecule has 0 bridgehead atoms. The molecule has 7 heteroatoms. The monoisotopic (exact) mass is 396 g/mol. The molecular weight excluding hydrogens is 372 g/mol. The van der Waals surface area contributed by atoms with Gasteiger partial charge in [0.15, 0.2) is 0 Å². The summed E-state index contributed by atoms with van der Waals surface area (Å²) >= 11 is 4.89. The van der Waals surface area contributed by atoms with Crippen LogP contribution in [0.3, 0.4) is 0 Å². The highest BCUT2D eigenvalue weighted by Crippen LogP contribution is 2.34. The van der Waals surface area contributed by atoms with Crippen molar-refractivity contribution in [2.24, 2.45) is 0 Å². The predicted octanol–water partition coefficient (Wildman–Crippen LogP) is 3.82. The molecule has 0 saturated carbocycles. The van der Waals surface area contributed by atoms with Gasteiger partial charge in [0.1, 0.15) is 4.90 Å². The Balaban J connectivity index is 2.92. The van der Waals surface area contributed by atoms with Crippen LogP contribution in [0.5, 0.6) is 0 Å². The molecule has 0 amide bonds. The highest BCUT2D eigenvalue weighted by atomic mass is 79.9. The quantitative estimate of drug-likeness (QED) is 0.645. The summed E-state index contributed by atoms with van der Waals surface area (Å²) in [7, 11) is -1.77. The van der Waals surface area contributed by atoms with Crippen LogP contribution < -0.4 is 5.32 Å². The van der Waals surface area contributed by atoms with E-state index in [0.29, 0.717) is 15.2 Å². The summed E-state index contributed by atoms with van der Waals surface area (Å²) in [5, 5.41) is 3.30. The van der Waals surface area contributed by atoms with E-state index in [4.69, 9.17) is 0 Å². The summed E-state index contributed by atoms with van der Waals surface area (Å²) in [4.78, 5) is 1.41. The van der Waals surface area contributed by atoms with Crippen molar-refractivity contribution in [3.05, 3.63) is 14.7 Å². The standard InChI is InChI=1S/C14H25BrN2O2S2/c1-5-7-11(3)17(4)21(18,19)13-9-12(20-14(13)15)10-16-8-6-2/h9,11,16H,5-8,10H2,1-4H3. The third-order valence-electron chi connectivity index (χ3n) is 3.42. The molecule has 1 atom stereocenters. The van der Waals surface area contributed by atoms with Gasteiger partial charge in [0.05, 0.1) is 3.79 Å². The summed E-state index contributed by atoms with van der Waals surface area (Å²) in [6.45, 7) is 7.77. The van der Waals surface area contributed by atoms with E-state index in [0.717, 1.165) is 30.7 Å². The molecule has 21 heavy (non-hydrogen) atoms. The van der Waals surface area contributed by atoms with E-state index in [2.05, 4.69) is 35.1 Å². The van der Waals surface area contributed by atoms with Crippen molar-refractivity contribution >= 4 is 37.3 Å². The molecule has 1 unspecified atom stereocenters. The molecule has 1 rings (SSSR count). The van der Waals surface area contributed by atoms with Crippen molar-refractivity contribution < 1.29 is 8.42 Å². The van der Waals surface area contributed by atoms with Gasteiger partial charge in [0, 0.05) is 24.5 Å². The topological polar surface area (TPSA) is 49.4 Å². The Labute approximate surface area is 141 Å². The van der Waals surface area contributed by atoms with Crippen LogP contribution >= 0.6 is 27.3 Å². The number of rotatable bonds is 9. The fourth-order valence-electron chi connectivity index (χ4n) is 2.04. The van der Waals surface area contributed by atoms with Gasteiger partial charge >= 0.3 is 0 Å². The molecule has 1 heterocycles. The maximum absolute atomic E-state index is 12.7. The van der Waals surface area contributed by atoms with Crippen LogP contribution in [0, 0.1) is 0 Å². The van der Waals surface area contributed by atoms with E-state index >= 15 is 0 Å². The summed E-state index contributed by atoms with van der Waals surface area (Å²) in [6, 6.07) is 1.79. The number of halogens is 1. The van der Waals surface area contributed by atoms with Crippen molar-refractivity contribution in [1.82, 2.24) is 9.62 Å². The zero-order valence-corrected chi connectivity index (χ0v) is 16.4. The first-order valence-corrected chi connectivity index (χ1v) is 10.4. The largest absolute Gasteiger partial charge is 0.312 e. The minimum absolute atomic E-state index is 0.00784. The van der Waals surface area contributed by atoms with Crippen molar-refractivity contribution in [2.75, 3.05) is 13.6 Å². The van der Waals surface area contributed by atoms with Gasteiger partial charge in [0.25, 0.3) is 0 Å². The first-order valence-electron chi connectivity index (χ1n) is 7.31. The molecule has 0 fully saturated rings. The van der Waals surface area contributed by atoms with Crippen LogP contribution in [0.25, 0.3) is 0 Å². The van der Waals surface area contributed by atoms with Gasteiger partial charge in [-0.2, -0.15) is 4.31 Å². The lowest BCUT2D eigenvalue weighted by atomic mass is 10.2. The molecule has 4 nitrogen and oxygen atoms in total. The molecule has 0 aliphatic rings. The smallest absolute Gasteiger partial charge is 0.245 e. The average molecular weight is 397 g/mol. The van der Waals surface area contributed by atoms with Crippen LogP contribution in [0.4, 0.5) is 0 Å². The first-order chi connectivity index (χ1) is 9.84. The van der Waals surface area contributed by atoms with E-state index in [1.165, 1.54) is 15.6 Å². The van der Waals surface area contributed by atoms with Crippen molar-refractivity contribution in [2.45, 2.75) is 57.5 Å². The van der Waals surface area contributed by atoms with E-state index in [-0.39, 0.29) is 6.04 Å². The number of hydrogen-bond acceptors (Lipinski definition) is 4. The maximum atomic E-state index is 12.7. The van der Waals surface area contributed by atoms with Crippen LogP contribution in [-0.4, -0.2) is 32.4 Å². The van der Waals surface area contributed by atoms with E-state index in [1.807, 2.05) is 6.92 Å². The Kier molecular flexibility index (Phi) is 7.84. The summed E-state index contributed by atoms with van der Waals surface area (Å²) in [5.41, 5.74) is 0. The minimum atomic E-state index is -3.43. The lowest BCUT2D eigenvalue weighted by molar-refractivity contribution is 0.368. The predicted molar refractivity (Wildman–Crippen MR) is 93.3 cm³/mol. The van der Waals surface area contributed by atoms with E-state index < -0.39 is 10.0 Å². The Bertz CT molecular complexity index is 543. The summed E-state index contributed by atoms with van der Waals surface area (Å²) in [6.07, 6.45) is 2.90. The van der Waals surface area contributed by atoms with Gasteiger partial charge in [-0.1, -0.05) is 20.3 Å². The molecule has 1 aromatic heterocycles. The van der Waals surface area contributed by atoms with Crippen LogP contribution in [0.2, 0.25) is 0 Å². The zero-order chi connectivity index (χ0) is 16.0. The normalized spacial score (nSPS) is 13.8. The van der Waals surface area contributed by atoms with Crippen molar-refractivity contribution in [3.63, 3.8) is 0 Å². The molecule has 0 radical (unpaired) electrons. The molecule has 1 N–H and O–H groups in total. The van der Waals surface area contributed by atoms with Gasteiger partial charge in [-0.3, -0.25) is 0 Å². The second-order valence-corrected chi connectivity index (χ2v) is 9.61. The van der Waals surface area contributed by atoms with Gasteiger partial charge < -0.3 is 5.32 Å². The molecule has 0 aliphatic heterocycles. The highest BCUT2D eigenvalue weighted by Gasteiger charge is 2.28. The molecule has 0 aliphatic carbocycles. The number of sulfonamides is 1. The molecule has 122 valence electrons. The van der Waals surface area contributed by atoms with Crippen LogP contribution in [0.1, 0.15) is 44.9 Å². The zero-order valence-electron chi connectivity index (χ0n) is 13.1. The van der Waals surface area contributed by atoms with Gasteiger partial charge in [-0.15, -0.1) is 11.3 Å². The van der Waals surface area contributed by atoms with E-state index in [9.17, 15) is 8.42 Å². The summed E-state index contributed by atoms with van der Waals surface area (Å²) < 4.78 is 27.6. The summed E-state index contributed by atoms with van der Waals surface area (Å²) in [5.74, 6) is 0. The lowest BCUT2D eigenvalue weighted by Gasteiger charge is -2.23. The Morgan fingerprint density at radius 3 is 2.62 bits per heavy atom. The number of nitrogens with one attached hydrogen (secondary N) is 1. The second-order valence-electron chi connectivity index (χ2n) is 5.19. The first kappa shape index (κ1) is 19.1. The van der Waals surface area contributed by atoms with Crippen molar-refractivity contribution in [1.29, 1.82) is 0 Å². The number of hydrogen-bond donors (Lipinski definition) is 1. The molecular formula is C14H25BrN2O2S2. The molecule has 0 spiro atoms. The maximum Gasteiger partial charge on any atom is 0.245 e. The fourth-order valence-corrected chi connectivity index (χ4v) is 6.03. The van der Waals surface area contributed by atoms with Gasteiger partial charge in [-0.05, 0) is 48.3 Å². The number of thiophene rings is 1. The lowest BCUT2D eigenvalue weighted by Crippen LogP contribution is -2.34. The molecule has 1 aromatic rings.